The van der Waals surface area contributed by atoms with Crippen LogP contribution in [0.3, 0.4) is 0 Å². The maximum absolute atomic E-state index is 9.11. The summed E-state index contributed by atoms with van der Waals surface area (Å²) in [4.78, 5) is 0. The molecule has 1 atom stereocenters. The van der Waals surface area contributed by atoms with Crippen molar-refractivity contribution in [1.82, 2.24) is 0 Å². The number of phenolic OH excluding ortho intramolecular Hbond substituents is 2. The van der Waals surface area contributed by atoms with Crippen LogP contribution in [0.25, 0.3) is 11.1 Å². The summed E-state index contributed by atoms with van der Waals surface area (Å²) in [5.41, 5.74) is 2.68. The molecule has 2 aromatic rings. The summed E-state index contributed by atoms with van der Waals surface area (Å²) in [7, 11) is 0. The fourth-order valence-electron chi connectivity index (χ4n) is 3.38. The third kappa shape index (κ3) is 5.63. The van der Waals surface area contributed by atoms with E-state index in [1.54, 1.807) is 24.3 Å². The Morgan fingerprint density at radius 3 is 1.57 bits per heavy atom. The number of rotatable bonds is 1. The summed E-state index contributed by atoms with van der Waals surface area (Å²) < 4.78 is 0. The lowest BCUT2D eigenvalue weighted by Crippen LogP contribution is -2.20. The lowest BCUT2D eigenvalue weighted by Gasteiger charge is -2.33. The highest BCUT2D eigenvalue weighted by Gasteiger charge is 2.24. The molecule has 0 aliphatic heterocycles. The molecule has 1 saturated carbocycles. The lowest BCUT2D eigenvalue weighted by molar-refractivity contribution is 0.191. The van der Waals surface area contributed by atoms with E-state index in [0.717, 1.165) is 17.0 Å². The average Bonchev–Trinajstić information content (AvgIpc) is 2.48. The first-order chi connectivity index (χ1) is 10.9. The molecule has 0 spiro atoms. The molecule has 0 aromatic heterocycles. The Hall–Kier alpha value is -1.96. The van der Waals surface area contributed by atoms with Crippen molar-refractivity contribution in [3.8, 4) is 22.6 Å². The van der Waals surface area contributed by atoms with E-state index in [9.17, 15) is 0 Å². The second-order valence-corrected chi connectivity index (χ2v) is 7.46. The van der Waals surface area contributed by atoms with Crippen molar-refractivity contribution in [1.29, 1.82) is 0 Å². The number of benzene rings is 2. The van der Waals surface area contributed by atoms with Crippen molar-refractivity contribution >= 4 is 0 Å². The van der Waals surface area contributed by atoms with Gasteiger partial charge in [-0.2, -0.15) is 0 Å². The highest BCUT2D eigenvalue weighted by Crippen LogP contribution is 2.37. The minimum Gasteiger partial charge on any atom is -0.508 e. The van der Waals surface area contributed by atoms with Gasteiger partial charge in [-0.25, -0.2) is 0 Å². The summed E-state index contributed by atoms with van der Waals surface area (Å²) in [6.45, 7) is 7.16. The number of hydrogen-bond acceptors (Lipinski definition) is 2. The topological polar surface area (TPSA) is 40.5 Å². The Kier molecular flexibility index (Phi) is 5.70. The minimum atomic E-state index is 0.257. The molecule has 23 heavy (non-hydrogen) atoms. The highest BCUT2D eigenvalue weighted by atomic mass is 16.3. The van der Waals surface area contributed by atoms with E-state index in [2.05, 4.69) is 20.8 Å². The molecule has 0 radical (unpaired) electrons. The molecule has 2 nitrogen and oxygen atoms in total. The van der Waals surface area contributed by atoms with E-state index in [1.807, 2.05) is 24.3 Å². The van der Waals surface area contributed by atoms with Crippen LogP contribution >= 0.6 is 0 Å². The van der Waals surface area contributed by atoms with Crippen LogP contribution in [0.4, 0.5) is 0 Å². The van der Waals surface area contributed by atoms with E-state index in [4.69, 9.17) is 10.2 Å². The molecule has 1 aliphatic carbocycles. The van der Waals surface area contributed by atoms with Crippen molar-refractivity contribution in [2.45, 2.75) is 46.5 Å². The molecule has 1 unspecified atom stereocenters. The van der Waals surface area contributed by atoms with Crippen LogP contribution in [0.15, 0.2) is 48.5 Å². The molecule has 2 aromatic carbocycles. The second-order valence-electron chi connectivity index (χ2n) is 7.46. The van der Waals surface area contributed by atoms with Crippen LogP contribution in [0.1, 0.15) is 46.5 Å². The van der Waals surface area contributed by atoms with Gasteiger partial charge in [0.2, 0.25) is 0 Å². The van der Waals surface area contributed by atoms with Gasteiger partial charge in [0, 0.05) is 0 Å². The third-order valence-corrected chi connectivity index (χ3v) is 4.52. The van der Waals surface area contributed by atoms with Gasteiger partial charge in [0.1, 0.15) is 11.5 Å². The summed E-state index contributed by atoms with van der Waals surface area (Å²) in [6.07, 6.45) is 5.79. The molecule has 124 valence electrons. The minimum absolute atomic E-state index is 0.257. The van der Waals surface area contributed by atoms with Gasteiger partial charge < -0.3 is 10.2 Å². The van der Waals surface area contributed by atoms with Crippen molar-refractivity contribution < 1.29 is 10.2 Å². The van der Waals surface area contributed by atoms with Gasteiger partial charge >= 0.3 is 0 Å². The van der Waals surface area contributed by atoms with Gasteiger partial charge in [-0.05, 0) is 59.6 Å². The molecule has 2 heteroatoms. The predicted octanol–water partition coefficient (Wildman–Crippen LogP) is 5.99. The van der Waals surface area contributed by atoms with Gasteiger partial charge in [0.05, 0.1) is 0 Å². The van der Waals surface area contributed by atoms with Crippen molar-refractivity contribution in [3.05, 3.63) is 48.5 Å². The van der Waals surface area contributed by atoms with E-state index in [1.165, 1.54) is 25.7 Å². The monoisotopic (exact) mass is 312 g/mol. The molecule has 1 fully saturated rings. The molecule has 0 amide bonds. The summed E-state index contributed by atoms with van der Waals surface area (Å²) in [6, 6.07) is 13.9. The fraction of sp³-hybridized carbons (Fsp3) is 0.429. The van der Waals surface area contributed by atoms with Gasteiger partial charge in [-0.1, -0.05) is 57.9 Å². The fourth-order valence-corrected chi connectivity index (χ4v) is 3.38. The van der Waals surface area contributed by atoms with Crippen LogP contribution in [0, 0.1) is 11.3 Å². The zero-order chi connectivity index (χ0) is 16.9. The Balaban J connectivity index is 0.000000185. The standard InChI is InChI=1S/C12H10O2.C9H18/c13-11-5-1-9(2-6-11)10-3-7-12(14)8-4-10;1-8-5-4-6-9(2,3)7-8/h1-8,13-14H;8H,4-7H2,1-3H3. The zero-order valence-corrected chi connectivity index (χ0v) is 14.4. The normalized spacial score (nSPS) is 19.5. The Morgan fingerprint density at radius 1 is 0.826 bits per heavy atom. The molecule has 2 N–H and O–H groups in total. The van der Waals surface area contributed by atoms with E-state index in [-0.39, 0.29) is 11.5 Å². The maximum Gasteiger partial charge on any atom is 0.115 e. The largest absolute Gasteiger partial charge is 0.508 e. The number of phenols is 2. The first-order valence-corrected chi connectivity index (χ1v) is 8.44. The second kappa shape index (κ2) is 7.54. The molecular weight excluding hydrogens is 284 g/mol. The van der Waals surface area contributed by atoms with Crippen molar-refractivity contribution in [2.75, 3.05) is 0 Å². The summed E-state index contributed by atoms with van der Waals surface area (Å²) >= 11 is 0. The van der Waals surface area contributed by atoms with Crippen LogP contribution in [0.5, 0.6) is 11.5 Å². The first-order valence-electron chi connectivity index (χ1n) is 8.44. The van der Waals surface area contributed by atoms with E-state index >= 15 is 0 Å². The van der Waals surface area contributed by atoms with Crippen LogP contribution in [0.2, 0.25) is 0 Å². The summed E-state index contributed by atoms with van der Waals surface area (Å²) in [5.74, 6) is 1.49. The highest BCUT2D eigenvalue weighted by molar-refractivity contribution is 5.64. The molecular formula is C21H28O2. The lowest BCUT2D eigenvalue weighted by atomic mass is 9.73. The van der Waals surface area contributed by atoms with Crippen LogP contribution in [-0.2, 0) is 0 Å². The quantitative estimate of drug-likeness (QED) is 0.679. The SMILES string of the molecule is CC1CCCC(C)(C)C1.Oc1ccc(-c2ccc(O)cc2)cc1. The van der Waals surface area contributed by atoms with E-state index in [0.29, 0.717) is 5.41 Å². The maximum atomic E-state index is 9.11. The smallest absolute Gasteiger partial charge is 0.115 e. The molecule has 0 heterocycles. The summed E-state index contributed by atoms with van der Waals surface area (Å²) in [5, 5.41) is 18.2. The first kappa shape index (κ1) is 17.4. The number of aromatic hydroxyl groups is 2. The third-order valence-electron chi connectivity index (χ3n) is 4.52. The van der Waals surface area contributed by atoms with Gasteiger partial charge in [0.25, 0.3) is 0 Å². The number of hydrogen-bond donors (Lipinski definition) is 2. The Labute approximate surface area is 139 Å². The average molecular weight is 312 g/mol. The Morgan fingerprint density at radius 2 is 1.26 bits per heavy atom. The molecule has 0 saturated heterocycles. The Bertz CT molecular complexity index is 553. The van der Waals surface area contributed by atoms with Crippen molar-refractivity contribution in [2.24, 2.45) is 11.3 Å². The molecule has 3 rings (SSSR count). The molecule has 1 aliphatic rings. The van der Waals surface area contributed by atoms with Gasteiger partial charge in [-0.15, -0.1) is 0 Å². The van der Waals surface area contributed by atoms with E-state index < -0.39 is 0 Å². The molecule has 0 bridgehead atoms. The van der Waals surface area contributed by atoms with Gasteiger partial charge in [-0.3, -0.25) is 0 Å². The van der Waals surface area contributed by atoms with Crippen LogP contribution < -0.4 is 0 Å². The zero-order valence-electron chi connectivity index (χ0n) is 14.4. The predicted molar refractivity (Wildman–Crippen MR) is 96.6 cm³/mol. The van der Waals surface area contributed by atoms with Gasteiger partial charge in [0.15, 0.2) is 0 Å². The van der Waals surface area contributed by atoms with Crippen molar-refractivity contribution in [3.63, 3.8) is 0 Å². The van der Waals surface area contributed by atoms with Crippen LogP contribution in [-0.4, -0.2) is 10.2 Å².